The van der Waals surface area contributed by atoms with Crippen molar-refractivity contribution in [1.82, 2.24) is 4.98 Å². The van der Waals surface area contributed by atoms with E-state index in [1.54, 1.807) is 48.5 Å². The van der Waals surface area contributed by atoms with Gasteiger partial charge in [-0.25, -0.2) is 4.98 Å². The second-order valence-corrected chi connectivity index (χ2v) is 7.55. The van der Waals surface area contributed by atoms with Crippen LogP contribution < -0.4 is 14.8 Å². The number of pyridine rings is 1. The summed E-state index contributed by atoms with van der Waals surface area (Å²) in [5.74, 6) is 0.744. The average molecular weight is 461 g/mol. The van der Waals surface area contributed by atoms with Crippen LogP contribution in [0.2, 0.25) is 5.02 Å². The number of rotatable bonds is 7. The number of halogens is 1. The van der Waals surface area contributed by atoms with Crippen LogP contribution in [0.15, 0.2) is 72.8 Å². The number of aromatic nitrogens is 1. The number of phenols is 1. The monoisotopic (exact) mass is 460 g/mol. The van der Waals surface area contributed by atoms with Crippen molar-refractivity contribution in [1.29, 1.82) is 0 Å². The number of anilines is 1. The molecule has 4 rings (SSSR count). The maximum absolute atomic E-state index is 12.2. The number of carbonyl (C=O) groups is 1. The van der Waals surface area contributed by atoms with E-state index in [0.717, 1.165) is 10.9 Å². The summed E-state index contributed by atoms with van der Waals surface area (Å²) in [6, 6.07) is 21.5. The van der Waals surface area contributed by atoms with Gasteiger partial charge in [0.15, 0.2) is 18.1 Å². The van der Waals surface area contributed by atoms with Crippen LogP contribution in [0.3, 0.4) is 0 Å². The van der Waals surface area contributed by atoms with Crippen molar-refractivity contribution in [3.05, 3.63) is 89.1 Å². The Bertz CT molecular complexity index is 1340. The van der Waals surface area contributed by atoms with Gasteiger partial charge in [0.05, 0.1) is 23.5 Å². The third kappa shape index (κ3) is 5.42. The zero-order chi connectivity index (χ0) is 23.2. The van der Waals surface area contributed by atoms with Gasteiger partial charge in [-0.2, -0.15) is 0 Å². The van der Waals surface area contributed by atoms with E-state index in [-0.39, 0.29) is 18.3 Å². The van der Waals surface area contributed by atoms with Gasteiger partial charge in [0.1, 0.15) is 11.3 Å². The van der Waals surface area contributed by atoms with Crippen molar-refractivity contribution in [2.75, 3.05) is 19.0 Å². The number of nitrogens with one attached hydrogen (secondary N) is 1. The highest BCUT2D eigenvalue weighted by atomic mass is 35.5. The van der Waals surface area contributed by atoms with Crippen LogP contribution in [0.5, 0.6) is 17.2 Å². The molecule has 0 spiro atoms. The van der Waals surface area contributed by atoms with Crippen molar-refractivity contribution in [2.24, 2.45) is 0 Å². The van der Waals surface area contributed by atoms with Crippen LogP contribution in [0.25, 0.3) is 23.1 Å². The lowest BCUT2D eigenvalue weighted by atomic mass is 10.1. The molecule has 0 radical (unpaired) electrons. The molecule has 0 atom stereocenters. The van der Waals surface area contributed by atoms with Gasteiger partial charge in [-0.15, -0.1) is 0 Å². The van der Waals surface area contributed by atoms with Gasteiger partial charge in [0.25, 0.3) is 5.91 Å². The van der Waals surface area contributed by atoms with E-state index >= 15 is 0 Å². The lowest BCUT2D eigenvalue weighted by molar-refractivity contribution is -0.118. The number of amides is 1. The largest absolute Gasteiger partial charge is 0.506 e. The molecule has 0 aliphatic rings. The van der Waals surface area contributed by atoms with Crippen molar-refractivity contribution in [3.8, 4) is 17.2 Å². The van der Waals surface area contributed by atoms with Gasteiger partial charge >= 0.3 is 0 Å². The maximum atomic E-state index is 12.2. The van der Waals surface area contributed by atoms with Gasteiger partial charge in [-0.3, -0.25) is 4.79 Å². The molecule has 0 saturated carbocycles. The van der Waals surface area contributed by atoms with Crippen molar-refractivity contribution >= 4 is 46.3 Å². The van der Waals surface area contributed by atoms with E-state index in [2.05, 4.69) is 10.3 Å². The van der Waals surface area contributed by atoms with Gasteiger partial charge < -0.3 is 19.9 Å². The molecule has 1 aromatic heterocycles. The zero-order valence-corrected chi connectivity index (χ0v) is 18.5. The summed E-state index contributed by atoms with van der Waals surface area (Å²) in [4.78, 5) is 16.7. The Morgan fingerprint density at radius 3 is 2.70 bits per heavy atom. The van der Waals surface area contributed by atoms with E-state index in [9.17, 15) is 9.90 Å². The van der Waals surface area contributed by atoms with Crippen LogP contribution in [0.4, 0.5) is 5.69 Å². The molecule has 0 unspecified atom stereocenters. The fourth-order valence-corrected chi connectivity index (χ4v) is 3.40. The molecule has 4 aromatic rings. The number of fused-ring (bicyclic) bond motifs is 1. The highest BCUT2D eigenvalue weighted by molar-refractivity contribution is 6.33. The Morgan fingerprint density at radius 1 is 1.03 bits per heavy atom. The predicted octanol–water partition coefficient (Wildman–Crippen LogP) is 5.79. The molecule has 7 heteroatoms. The summed E-state index contributed by atoms with van der Waals surface area (Å²) in [6.45, 7) is -0.193. The van der Waals surface area contributed by atoms with E-state index < -0.39 is 0 Å². The third-order valence-electron chi connectivity index (χ3n) is 4.86. The standard InChI is InChI=1S/C26H21ClN2O4/c1-32-24-15-17(9-12-19-13-11-18-5-4-8-22(30)26(18)28-19)10-14-23(24)33-16-25(31)29-21-7-3-2-6-20(21)27/h2-15,30H,16H2,1H3,(H,29,31)/b12-9+. The molecule has 0 bridgehead atoms. The topological polar surface area (TPSA) is 80.7 Å². The highest BCUT2D eigenvalue weighted by Gasteiger charge is 2.10. The maximum Gasteiger partial charge on any atom is 0.262 e. The second-order valence-electron chi connectivity index (χ2n) is 7.15. The van der Waals surface area contributed by atoms with E-state index in [1.165, 1.54) is 7.11 Å². The van der Waals surface area contributed by atoms with Crippen LogP contribution in [0.1, 0.15) is 11.3 Å². The third-order valence-corrected chi connectivity index (χ3v) is 5.19. The number of benzene rings is 3. The SMILES string of the molecule is COc1cc(/C=C/c2ccc3cccc(O)c3n2)ccc1OCC(=O)Nc1ccccc1Cl. The van der Waals surface area contributed by atoms with Crippen LogP contribution in [-0.2, 0) is 4.79 Å². The minimum absolute atomic E-state index is 0.143. The van der Waals surface area contributed by atoms with Crippen molar-refractivity contribution in [2.45, 2.75) is 0 Å². The summed E-state index contributed by atoms with van der Waals surface area (Å²) in [5.41, 5.74) is 2.64. The van der Waals surface area contributed by atoms with Crippen molar-refractivity contribution in [3.63, 3.8) is 0 Å². The Hall–Kier alpha value is -4.03. The molecule has 1 heterocycles. The van der Waals surface area contributed by atoms with E-state index in [0.29, 0.717) is 33.4 Å². The lowest BCUT2D eigenvalue weighted by Crippen LogP contribution is -2.20. The molecule has 166 valence electrons. The Kier molecular flexibility index (Phi) is 6.76. The molecule has 0 fully saturated rings. The molecule has 2 N–H and O–H groups in total. The minimum Gasteiger partial charge on any atom is -0.506 e. The summed E-state index contributed by atoms with van der Waals surface area (Å²) in [6.07, 6.45) is 3.72. The first-order chi connectivity index (χ1) is 16.0. The average Bonchev–Trinajstić information content (AvgIpc) is 2.83. The summed E-state index contributed by atoms with van der Waals surface area (Å²) >= 11 is 6.06. The Labute approximate surface area is 196 Å². The molecule has 3 aromatic carbocycles. The van der Waals surface area contributed by atoms with Crippen LogP contribution >= 0.6 is 11.6 Å². The van der Waals surface area contributed by atoms with E-state index in [4.69, 9.17) is 21.1 Å². The predicted molar refractivity (Wildman–Crippen MR) is 131 cm³/mol. The molecule has 1 amide bonds. The first kappa shape index (κ1) is 22.2. The summed E-state index contributed by atoms with van der Waals surface area (Å²) in [5, 5.41) is 14.0. The zero-order valence-electron chi connectivity index (χ0n) is 17.8. The first-order valence-corrected chi connectivity index (χ1v) is 10.5. The number of para-hydroxylation sites is 2. The summed E-state index contributed by atoms with van der Waals surface area (Å²) < 4.78 is 11.1. The van der Waals surface area contributed by atoms with E-state index in [1.807, 2.05) is 36.4 Å². The number of carbonyl (C=O) groups excluding carboxylic acids is 1. The lowest BCUT2D eigenvalue weighted by Gasteiger charge is -2.12. The smallest absolute Gasteiger partial charge is 0.262 e. The molecule has 6 nitrogen and oxygen atoms in total. The van der Waals surface area contributed by atoms with Gasteiger partial charge in [-0.1, -0.05) is 54.1 Å². The molecule has 33 heavy (non-hydrogen) atoms. The minimum atomic E-state index is -0.334. The van der Waals surface area contributed by atoms with Crippen LogP contribution in [0, 0.1) is 0 Å². The number of hydrogen-bond donors (Lipinski definition) is 2. The highest BCUT2D eigenvalue weighted by Crippen LogP contribution is 2.29. The Morgan fingerprint density at radius 2 is 1.88 bits per heavy atom. The van der Waals surface area contributed by atoms with Crippen LogP contribution in [-0.4, -0.2) is 29.7 Å². The number of hydrogen-bond acceptors (Lipinski definition) is 5. The molecular formula is C26H21ClN2O4. The number of methoxy groups -OCH3 is 1. The Balaban J connectivity index is 1.44. The first-order valence-electron chi connectivity index (χ1n) is 10.2. The second kappa shape index (κ2) is 10.1. The molecule has 0 aliphatic heterocycles. The quantitative estimate of drug-likeness (QED) is 0.365. The molecule has 0 aliphatic carbocycles. The van der Waals surface area contributed by atoms with Gasteiger partial charge in [0.2, 0.25) is 0 Å². The van der Waals surface area contributed by atoms with Crippen molar-refractivity contribution < 1.29 is 19.4 Å². The number of ether oxygens (including phenoxy) is 2. The number of nitrogens with zero attached hydrogens (tertiary/aromatic N) is 1. The van der Waals surface area contributed by atoms with Gasteiger partial charge in [-0.05, 0) is 48.0 Å². The number of phenolic OH excluding ortho intramolecular Hbond substituents is 1. The van der Waals surface area contributed by atoms with Gasteiger partial charge in [0, 0.05) is 5.39 Å². The summed E-state index contributed by atoms with van der Waals surface area (Å²) in [7, 11) is 1.53. The fraction of sp³-hybridized carbons (Fsp3) is 0.0769. The fourth-order valence-electron chi connectivity index (χ4n) is 3.22. The number of aromatic hydroxyl groups is 1. The molecular weight excluding hydrogens is 440 g/mol. The normalized spacial score (nSPS) is 11.0. The molecule has 0 saturated heterocycles.